The first-order chi connectivity index (χ1) is 10.3. The molecule has 1 aromatic heterocycles. The number of hydrogen-bond donors (Lipinski definition) is 3. The van der Waals surface area contributed by atoms with Crippen molar-refractivity contribution in [3.8, 4) is 0 Å². The van der Waals surface area contributed by atoms with Gasteiger partial charge in [-0.05, 0) is 12.1 Å². The highest BCUT2D eigenvalue weighted by atomic mass is 16.2. The molecule has 0 atom stereocenters. The number of aromatic nitrogens is 1. The summed E-state index contributed by atoms with van der Waals surface area (Å²) in [7, 11) is 0. The van der Waals surface area contributed by atoms with Crippen LogP contribution in [0.25, 0.3) is 0 Å². The Morgan fingerprint density at radius 1 is 1.19 bits per heavy atom. The summed E-state index contributed by atoms with van der Waals surface area (Å²) in [5.74, 6) is -1.22. The summed E-state index contributed by atoms with van der Waals surface area (Å²) in [6.07, 6.45) is 1.65. The minimum Gasteiger partial charge on any atom is -0.347 e. The van der Waals surface area contributed by atoms with E-state index in [0.717, 1.165) is 38.4 Å². The minimum atomic E-state index is -0.624. The van der Waals surface area contributed by atoms with E-state index in [0.29, 0.717) is 6.54 Å². The molecule has 1 aliphatic rings. The predicted octanol–water partition coefficient (Wildman–Crippen LogP) is -1.28. The normalized spacial score (nSPS) is 15.4. The van der Waals surface area contributed by atoms with Gasteiger partial charge in [-0.3, -0.25) is 19.5 Å². The van der Waals surface area contributed by atoms with Crippen molar-refractivity contribution in [1.29, 1.82) is 0 Å². The quantitative estimate of drug-likeness (QED) is 0.588. The second kappa shape index (κ2) is 8.33. The van der Waals surface area contributed by atoms with Gasteiger partial charge in [-0.25, -0.2) is 0 Å². The van der Waals surface area contributed by atoms with E-state index in [4.69, 9.17) is 0 Å². The number of nitrogens with one attached hydrogen (secondary N) is 3. The smallest absolute Gasteiger partial charge is 0.309 e. The maximum Gasteiger partial charge on any atom is 0.309 e. The number of carbonyl (C=O) groups excluding carboxylic acids is 2. The van der Waals surface area contributed by atoms with Crippen LogP contribution in [-0.4, -0.2) is 61.0 Å². The molecule has 21 heavy (non-hydrogen) atoms. The van der Waals surface area contributed by atoms with E-state index in [2.05, 4.69) is 25.8 Å². The maximum atomic E-state index is 11.6. The molecular weight excluding hydrogens is 270 g/mol. The molecule has 0 aromatic carbocycles. The molecule has 3 N–H and O–H groups in total. The number of rotatable bonds is 5. The molecule has 2 amide bonds. The first-order valence-corrected chi connectivity index (χ1v) is 7.15. The van der Waals surface area contributed by atoms with Gasteiger partial charge in [0.1, 0.15) is 0 Å². The number of amides is 2. The molecule has 7 heteroatoms. The summed E-state index contributed by atoms with van der Waals surface area (Å²) in [6.45, 7) is 5.39. The molecule has 2 rings (SSSR count). The fourth-order valence-corrected chi connectivity index (χ4v) is 2.10. The van der Waals surface area contributed by atoms with Gasteiger partial charge in [0.2, 0.25) is 0 Å². The molecule has 0 aliphatic carbocycles. The topological polar surface area (TPSA) is 86.4 Å². The zero-order valence-corrected chi connectivity index (χ0v) is 12.0. The molecule has 0 unspecified atom stereocenters. The van der Waals surface area contributed by atoms with Crippen molar-refractivity contribution < 1.29 is 9.59 Å². The fourth-order valence-electron chi connectivity index (χ4n) is 2.10. The lowest BCUT2D eigenvalue weighted by molar-refractivity contribution is -0.139. The molecule has 1 fully saturated rings. The van der Waals surface area contributed by atoms with Gasteiger partial charge in [0.15, 0.2) is 0 Å². The van der Waals surface area contributed by atoms with Gasteiger partial charge >= 0.3 is 11.8 Å². The van der Waals surface area contributed by atoms with Crippen molar-refractivity contribution >= 4 is 11.8 Å². The van der Waals surface area contributed by atoms with E-state index in [1.165, 1.54) is 0 Å². The number of carbonyl (C=O) groups is 2. The Bertz CT molecular complexity index is 460. The van der Waals surface area contributed by atoms with Crippen molar-refractivity contribution in [3.63, 3.8) is 0 Å². The minimum absolute atomic E-state index is 0.255. The first kappa shape index (κ1) is 15.4. The Morgan fingerprint density at radius 3 is 2.67 bits per heavy atom. The standard InChI is InChI=1S/C14H21N5O2/c20-13(17-7-10-19-8-5-15-6-9-19)14(21)18-11-12-3-1-2-4-16-12/h1-4,15H,5-11H2,(H,17,20)(H,18,21). The van der Waals surface area contributed by atoms with Crippen molar-refractivity contribution in [2.45, 2.75) is 6.54 Å². The van der Waals surface area contributed by atoms with Crippen LogP contribution in [0.2, 0.25) is 0 Å². The Kier molecular flexibility index (Phi) is 6.11. The number of nitrogens with zero attached hydrogens (tertiary/aromatic N) is 2. The summed E-state index contributed by atoms with van der Waals surface area (Å²) < 4.78 is 0. The van der Waals surface area contributed by atoms with Crippen LogP contribution in [0, 0.1) is 0 Å². The summed E-state index contributed by atoms with van der Waals surface area (Å²) in [5.41, 5.74) is 0.722. The Hall–Kier alpha value is -1.99. The van der Waals surface area contributed by atoms with Gasteiger partial charge in [-0.15, -0.1) is 0 Å². The molecule has 0 radical (unpaired) electrons. The largest absolute Gasteiger partial charge is 0.347 e. The average molecular weight is 291 g/mol. The average Bonchev–Trinajstić information content (AvgIpc) is 2.54. The van der Waals surface area contributed by atoms with Gasteiger partial charge in [-0.2, -0.15) is 0 Å². The SMILES string of the molecule is O=C(NCCN1CCNCC1)C(=O)NCc1ccccn1. The molecule has 114 valence electrons. The third-order valence-electron chi connectivity index (χ3n) is 3.29. The van der Waals surface area contributed by atoms with Crippen LogP contribution in [0.3, 0.4) is 0 Å². The summed E-state index contributed by atoms with van der Waals surface area (Å²) in [5, 5.41) is 8.45. The number of piperazine rings is 1. The molecule has 1 aliphatic heterocycles. The van der Waals surface area contributed by atoms with Crippen LogP contribution in [0.4, 0.5) is 0 Å². The molecular formula is C14H21N5O2. The lowest BCUT2D eigenvalue weighted by atomic mass is 10.3. The zero-order chi connectivity index (χ0) is 14.9. The van der Waals surface area contributed by atoms with Crippen LogP contribution < -0.4 is 16.0 Å². The second-order valence-corrected chi connectivity index (χ2v) is 4.85. The van der Waals surface area contributed by atoms with E-state index < -0.39 is 11.8 Å². The van der Waals surface area contributed by atoms with Crippen molar-refractivity contribution in [2.24, 2.45) is 0 Å². The van der Waals surface area contributed by atoms with E-state index in [-0.39, 0.29) is 6.54 Å². The fraction of sp³-hybridized carbons (Fsp3) is 0.500. The number of pyridine rings is 1. The van der Waals surface area contributed by atoms with Crippen LogP contribution in [0.15, 0.2) is 24.4 Å². The van der Waals surface area contributed by atoms with Gasteiger partial charge in [-0.1, -0.05) is 6.07 Å². The third-order valence-corrected chi connectivity index (χ3v) is 3.29. The summed E-state index contributed by atoms with van der Waals surface area (Å²) >= 11 is 0. The van der Waals surface area contributed by atoms with Crippen molar-refractivity contribution in [2.75, 3.05) is 39.3 Å². The van der Waals surface area contributed by atoms with Crippen molar-refractivity contribution in [3.05, 3.63) is 30.1 Å². The molecule has 2 heterocycles. The van der Waals surface area contributed by atoms with Gasteiger partial charge in [0.25, 0.3) is 0 Å². The lowest BCUT2D eigenvalue weighted by Crippen LogP contribution is -2.47. The van der Waals surface area contributed by atoms with E-state index >= 15 is 0 Å². The van der Waals surface area contributed by atoms with E-state index in [1.807, 2.05) is 6.07 Å². The van der Waals surface area contributed by atoms with E-state index in [1.54, 1.807) is 18.3 Å². The molecule has 0 bridgehead atoms. The van der Waals surface area contributed by atoms with Crippen LogP contribution in [0.1, 0.15) is 5.69 Å². The number of hydrogen-bond acceptors (Lipinski definition) is 5. The molecule has 0 saturated carbocycles. The molecule has 7 nitrogen and oxygen atoms in total. The maximum absolute atomic E-state index is 11.6. The highest BCUT2D eigenvalue weighted by Gasteiger charge is 2.14. The Balaban J connectivity index is 1.62. The Morgan fingerprint density at radius 2 is 1.95 bits per heavy atom. The third kappa shape index (κ3) is 5.49. The first-order valence-electron chi connectivity index (χ1n) is 7.15. The van der Waals surface area contributed by atoms with Gasteiger partial charge in [0, 0.05) is 45.5 Å². The summed E-state index contributed by atoms with van der Waals surface area (Å²) in [6, 6.07) is 5.43. The van der Waals surface area contributed by atoms with Crippen LogP contribution in [0.5, 0.6) is 0 Å². The lowest BCUT2D eigenvalue weighted by Gasteiger charge is -2.26. The van der Waals surface area contributed by atoms with Gasteiger partial charge in [0.05, 0.1) is 12.2 Å². The zero-order valence-electron chi connectivity index (χ0n) is 12.0. The highest BCUT2D eigenvalue weighted by molar-refractivity contribution is 6.35. The summed E-state index contributed by atoms with van der Waals surface area (Å²) in [4.78, 5) is 29.6. The monoisotopic (exact) mass is 291 g/mol. The van der Waals surface area contributed by atoms with E-state index in [9.17, 15) is 9.59 Å². The molecule has 1 saturated heterocycles. The van der Waals surface area contributed by atoms with Crippen molar-refractivity contribution in [1.82, 2.24) is 25.8 Å². The second-order valence-electron chi connectivity index (χ2n) is 4.85. The Labute approximate surface area is 124 Å². The molecule has 0 spiro atoms. The van der Waals surface area contributed by atoms with Crippen LogP contribution in [-0.2, 0) is 16.1 Å². The van der Waals surface area contributed by atoms with Gasteiger partial charge < -0.3 is 16.0 Å². The highest BCUT2D eigenvalue weighted by Crippen LogP contribution is 1.92. The van der Waals surface area contributed by atoms with Crippen LogP contribution >= 0.6 is 0 Å². The predicted molar refractivity (Wildman–Crippen MR) is 78.4 cm³/mol. The molecule has 1 aromatic rings.